The molecule has 0 rings (SSSR count). The molecule has 3 heteroatoms. The predicted octanol–water partition coefficient (Wildman–Crippen LogP) is 1.06. The van der Waals surface area contributed by atoms with E-state index in [1.54, 1.807) is 6.92 Å². The Hall–Kier alpha value is -0.310. The van der Waals surface area contributed by atoms with Crippen molar-refractivity contribution in [2.24, 2.45) is 5.92 Å². The molecule has 0 amide bonds. The van der Waals surface area contributed by atoms with Crippen LogP contribution in [0, 0.1) is 5.92 Å². The van der Waals surface area contributed by atoms with Crippen LogP contribution in [0.1, 0.15) is 20.3 Å². The maximum Gasteiger partial charge on any atom is 0.189 e. The van der Waals surface area contributed by atoms with Gasteiger partial charge in [-0.1, -0.05) is 6.92 Å². The van der Waals surface area contributed by atoms with Crippen LogP contribution in [0.4, 0.5) is 0 Å². The van der Waals surface area contributed by atoms with Crippen molar-refractivity contribution in [1.82, 2.24) is 0 Å². The summed E-state index contributed by atoms with van der Waals surface area (Å²) in [5, 5.41) is -0.217. The first-order chi connectivity index (χ1) is 4.04. The zero-order valence-electron chi connectivity index (χ0n) is 5.55. The fourth-order valence-corrected chi connectivity index (χ4v) is 0.610. The third-order valence-electron chi connectivity index (χ3n) is 1.02. The Morgan fingerprint density at radius 2 is 2.00 bits per heavy atom. The van der Waals surface area contributed by atoms with Crippen molar-refractivity contribution in [2.75, 3.05) is 0 Å². The molecule has 0 aromatic rings. The first-order valence-electron chi connectivity index (χ1n) is 2.76. The molecule has 0 bridgehead atoms. The van der Waals surface area contributed by atoms with Gasteiger partial charge in [-0.05, 0) is 6.92 Å². The standard InChI is InChI=1S/C6H10O2S/c1-4(6(8)9)3-5(2)7/h4H,3H2,1-2H3,(H,8,9)/t4-/m0/s1. The van der Waals surface area contributed by atoms with E-state index in [1.165, 1.54) is 6.92 Å². The van der Waals surface area contributed by atoms with Crippen LogP contribution < -0.4 is 0 Å². The van der Waals surface area contributed by atoms with Crippen LogP contribution in [0.2, 0.25) is 0 Å². The summed E-state index contributed by atoms with van der Waals surface area (Å²) in [6.07, 6.45) is 0.308. The van der Waals surface area contributed by atoms with Crippen molar-refractivity contribution in [3.63, 3.8) is 0 Å². The van der Waals surface area contributed by atoms with Crippen LogP contribution in [0.15, 0.2) is 0 Å². The van der Waals surface area contributed by atoms with Crippen molar-refractivity contribution in [3.8, 4) is 0 Å². The smallest absolute Gasteiger partial charge is 0.189 e. The Morgan fingerprint density at radius 1 is 1.56 bits per heavy atom. The van der Waals surface area contributed by atoms with E-state index >= 15 is 0 Å². The van der Waals surface area contributed by atoms with E-state index in [0.29, 0.717) is 6.42 Å². The number of thiol groups is 1. The minimum absolute atomic E-state index is 0.0323. The number of ketones is 1. The van der Waals surface area contributed by atoms with E-state index in [4.69, 9.17) is 0 Å². The highest BCUT2D eigenvalue weighted by Gasteiger charge is 2.09. The van der Waals surface area contributed by atoms with Gasteiger partial charge < -0.3 is 4.79 Å². The maximum absolute atomic E-state index is 10.4. The van der Waals surface area contributed by atoms with E-state index in [1.807, 2.05) is 0 Å². The molecule has 0 aliphatic heterocycles. The van der Waals surface area contributed by atoms with Crippen LogP contribution in [-0.4, -0.2) is 10.9 Å². The summed E-state index contributed by atoms with van der Waals surface area (Å²) in [5.41, 5.74) is 0. The van der Waals surface area contributed by atoms with Crippen LogP contribution in [0.25, 0.3) is 0 Å². The van der Waals surface area contributed by atoms with Gasteiger partial charge >= 0.3 is 0 Å². The summed E-state index contributed by atoms with van der Waals surface area (Å²) >= 11 is 3.58. The summed E-state index contributed by atoms with van der Waals surface area (Å²) in [4.78, 5) is 20.8. The second-order valence-electron chi connectivity index (χ2n) is 2.15. The summed E-state index contributed by atoms with van der Waals surface area (Å²) in [5.74, 6) is -0.198. The summed E-state index contributed by atoms with van der Waals surface area (Å²) in [7, 11) is 0. The minimum atomic E-state index is -0.231. The van der Waals surface area contributed by atoms with Gasteiger partial charge in [0.2, 0.25) is 0 Å². The molecule has 0 aromatic heterocycles. The monoisotopic (exact) mass is 146 g/mol. The van der Waals surface area contributed by atoms with Gasteiger partial charge in [0.1, 0.15) is 5.78 Å². The average Bonchev–Trinajstić information content (AvgIpc) is 1.63. The molecular formula is C6H10O2S. The zero-order chi connectivity index (χ0) is 7.44. The SMILES string of the molecule is CC(=O)C[C@H](C)C(=O)S. The number of Topliss-reactive ketones (excluding diaryl/α,β-unsaturated/α-hetero) is 1. The third kappa shape index (κ3) is 4.21. The summed E-state index contributed by atoms with van der Waals surface area (Å²) in [6, 6.07) is 0. The molecule has 9 heavy (non-hydrogen) atoms. The summed E-state index contributed by atoms with van der Waals surface area (Å²) in [6.45, 7) is 3.16. The normalized spacial score (nSPS) is 12.8. The number of rotatable bonds is 3. The van der Waals surface area contributed by atoms with Gasteiger partial charge in [-0.3, -0.25) is 4.79 Å². The van der Waals surface area contributed by atoms with Crippen molar-refractivity contribution in [2.45, 2.75) is 20.3 Å². The van der Waals surface area contributed by atoms with Crippen molar-refractivity contribution in [1.29, 1.82) is 0 Å². The van der Waals surface area contributed by atoms with Gasteiger partial charge in [0.05, 0.1) is 0 Å². The Kier molecular flexibility index (Phi) is 3.54. The molecule has 0 radical (unpaired) electrons. The Bertz CT molecular complexity index is 131. The fourth-order valence-electron chi connectivity index (χ4n) is 0.518. The Labute approximate surface area is 60.0 Å². The van der Waals surface area contributed by atoms with Gasteiger partial charge in [0.25, 0.3) is 0 Å². The quantitative estimate of drug-likeness (QED) is 0.604. The zero-order valence-corrected chi connectivity index (χ0v) is 6.44. The van der Waals surface area contributed by atoms with Crippen LogP contribution in [0.5, 0.6) is 0 Å². The first kappa shape index (κ1) is 8.69. The minimum Gasteiger partial charge on any atom is -0.300 e. The number of carbonyl (C=O) groups is 2. The van der Waals surface area contributed by atoms with Gasteiger partial charge in [-0.15, -0.1) is 12.6 Å². The third-order valence-corrected chi connectivity index (χ3v) is 1.46. The molecule has 2 nitrogen and oxygen atoms in total. The lowest BCUT2D eigenvalue weighted by Crippen LogP contribution is -2.07. The molecule has 0 aliphatic rings. The fraction of sp³-hybridized carbons (Fsp3) is 0.667. The number of carbonyl (C=O) groups excluding carboxylic acids is 2. The highest BCUT2D eigenvalue weighted by atomic mass is 32.1. The first-order valence-corrected chi connectivity index (χ1v) is 3.21. The maximum atomic E-state index is 10.4. The lowest BCUT2D eigenvalue weighted by atomic mass is 10.1. The highest BCUT2D eigenvalue weighted by Crippen LogP contribution is 2.05. The van der Waals surface area contributed by atoms with Gasteiger partial charge in [0.15, 0.2) is 5.12 Å². The number of hydrogen-bond acceptors (Lipinski definition) is 2. The topological polar surface area (TPSA) is 34.1 Å². The van der Waals surface area contributed by atoms with E-state index in [2.05, 4.69) is 12.6 Å². The molecule has 0 spiro atoms. The van der Waals surface area contributed by atoms with Gasteiger partial charge in [0, 0.05) is 12.3 Å². The van der Waals surface area contributed by atoms with E-state index < -0.39 is 0 Å². The highest BCUT2D eigenvalue weighted by molar-refractivity contribution is 7.96. The van der Waals surface area contributed by atoms with E-state index in [0.717, 1.165) is 0 Å². The largest absolute Gasteiger partial charge is 0.300 e. The van der Waals surface area contributed by atoms with Crippen molar-refractivity contribution < 1.29 is 9.59 Å². The van der Waals surface area contributed by atoms with Crippen molar-refractivity contribution >= 4 is 23.5 Å². The molecule has 0 unspecified atom stereocenters. The second kappa shape index (κ2) is 3.67. The molecule has 0 saturated heterocycles. The number of hydrogen-bond donors (Lipinski definition) is 1. The molecular weight excluding hydrogens is 136 g/mol. The molecule has 0 aromatic carbocycles. The molecule has 0 fully saturated rings. The molecule has 0 heterocycles. The predicted molar refractivity (Wildman–Crippen MR) is 38.5 cm³/mol. The molecule has 1 atom stereocenters. The van der Waals surface area contributed by atoms with Gasteiger partial charge in [-0.2, -0.15) is 0 Å². The molecule has 0 aliphatic carbocycles. The Morgan fingerprint density at radius 3 is 2.11 bits per heavy atom. The lowest BCUT2D eigenvalue weighted by Gasteiger charge is -2.00. The lowest BCUT2D eigenvalue weighted by molar-refractivity contribution is -0.121. The molecule has 0 N–H and O–H groups in total. The van der Waals surface area contributed by atoms with Crippen LogP contribution >= 0.6 is 12.6 Å². The summed E-state index contributed by atoms with van der Waals surface area (Å²) < 4.78 is 0. The van der Waals surface area contributed by atoms with Gasteiger partial charge in [-0.25, -0.2) is 0 Å². The van der Waals surface area contributed by atoms with E-state index in [9.17, 15) is 9.59 Å². The van der Waals surface area contributed by atoms with Crippen LogP contribution in [-0.2, 0) is 9.59 Å². The molecule has 0 saturated carbocycles. The van der Waals surface area contributed by atoms with Crippen molar-refractivity contribution in [3.05, 3.63) is 0 Å². The van der Waals surface area contributed by atoms with E-state index in [-0.39, 0.29) is 16.8 Å². The molecule has 52 valence electrons. The second-order valence-corrected chi connectivity index (χ2v) is 2.59. The Balaban J connectivity index is 3.63. The average molecular weight is 146 g/mol. The van der Waals surface area contributed by atoms with Crippen LogP contribution in [0.3, 0.4) is 0 Å².